The van der Waals surface area contributed by atoms with E-state index < -0.39 is 0 Å². The van der Waals surface area contributed by atoms with E-state index in [-0.39, 0.29) is 17.4 Å². The first-order valence-corrected chi connectivity index (χ1v) is 36.3. The van der Waals surface area contributed by atoms with Gasteiger partial charge in [0.2, 0.25) is 11.7 Å². The van der Waals surface area contributed by atoms with Crippen molar-refractivity contribution in [1.82, 2.24) is 0 Å². The number of amides is 1. The number of carbonyl (C=O) groups is 10. The van der Waals surface area contributed by atoms with Crippen LogP contribution < -0.4 is 52.7 Å². The van der Waals surface area contributed by atoms with Crippen LogP contribution in [0, 0.1) is 0 Å². The molecule has 0 aliphatic carbocycles. The van der Waals surface area contributed by atoms with Crippen LogP contribution in [0.5, 0.6) is 69.0 Å². The number of fused-ring (bicyclic) bond motifs is 1. The van der Waals surface area contributed by atoms with Crippen molar-refractivity contribution in [2.24, 2.45) is 0 Å². The minimum atomic E-state index is -0.117. The van der Waals surface area contributed by atoms with Gasteiger partial charge in [0.25, 0.3) is 0 Å². The number of nitrogens with one attached hydrogen (secondary N) is 1. The Bertz CT molecular complexity index is 5290. The maximum Gasteiger partial charge on any atom is 0.221 e. The lowest BCUT2D eigenvalue weighted by Gasteiger charge is -2.13. The molecule has 13 rings (SSSR count). The van der Waals surface area contributed by atoms with Crippen LogP contribution in [0.3, 0.4) is 0 Å². The molecule has 13 aromatic carbocycles. The Morgan fingerprint density at radius 3 is 1.07 bits per heavy atom. The van der Waals surface area contributed by atoms with Gasteiger partial charge in [0, 0.05) is 68.1 Å². The van der Waals surface area contributed by atoms with Crippen LogP contribution in [0.2, 0.25) is 0 Å². The van der Waals surface area contributed by atoms with Gasteiger partial charge < -0.3 is 62.9 Å². The molecule has 0 spiro atoms. The number of anilines is 1. The molecule has 0 radical (unpaired) electrons. The van der Waals surface area contributed by atoms with Gasteiger partial charge in [-0.1, -0.05) is 140 Å². The third-order valence-corrected chi connectivity index (χ3v) is 16.4. The zero-order chi connectivity index (χ0) is 87.2. The van der Waals surface area contributed by atoms with Crippen LogP contribution in [-0.2, 0) is 18.0 Å². The number of phenolic OH excluding ortho intramolecular Hbond substituents is 2. The zero-order valence-electron chi connectivity index (χ0n) is 67.4. The highest BCUT2D eigenvalue weighted by Crippen LogP contribution is 2.38. The fraction of sp³-hybridized carbons (Fsp3) is 0.113. The summed E-state index contributed by atoms with van der Waals surface area (Å²) in [5, 5.41) is 22.4. The van der Waals surface area contributed by atoms with Gasteiger partial charge in [0.1, 0.15) is 80.8 Å². The smallest absolute Gasteiger partial charge is 0.221 e. The maximum atomic E-state index is 11.0. The fourth-order valence-electron chi connectivity index (χ4n) is 10.2. The minimum absolute atomic E-state index is 0.0166. The van der Waals surface area contributed by atoms with Crippen molar-refractivity contribution in [2.75, 3.05) is 62.2 Å². The Hall–Kier alpha value is -15.8. The highest BCUT2D eigenvalue weighted by atomic mass is 16.5. The molecule has 13 aromatic rings. The van der Waals surface area contributed by atoms with Crippen molar-refractivity contribution in [3.63, 3.8) is 0 Å². The number of benzene rings is 13. The first kappa shape index (κ1) is 94.8. The number of hydrogen-bond acceptors (Lipinski definition) is 22. The molecule has 0 atom stereocenters. The largest absolute Gasteiger partial charge is 0.508 e. The SMILES string of the molecule is CC(=O)Nc1ccc(C=O)cc1.COc1cc(C=O)cc(OC)c1OC.COc1ccc(C=O)c2ccccc12.COc1ccc(C=O)cc1.COc1ccc(C=O)cc1O.COc1ccc(C=O)cc1OC.O=Cc1ccc(-c2ccccc2)cc1.O=Cc1ccc(O)cc1.O=Cc1ccc(OCc2ccccc2)c(OCc2ccccc2)c1. The summed E-state index contributed by atoms with van der Waals surface area (Å²) in [6.45, 7) is 2.31. The molecule has 0 unspecified atom stereocenters. The second-order valence-corrected chi connectivity index (χ2v) is 24.4. The van der Waals surface area contributed by atoms with Gasteiger partial charge in [-0.3, -0.25) is 47.9 Å². The molecule has 0 saturated carbocycles. The molecule has 616 valence electrons. The molecule has 0 aromatic heterocycles. The molecule has 0 aliphatic rings. The fourth-order valence-corrected chi connectivity index (χ4v) is 10.2. The summed E-state index contributed by atoms with van der Waals surface area (Å²) in [6, 6.07) is 86.3. The van der Waals surface area contributed by atoms with Crippen molar-refractivity contribution < 1.29 is 106 Å². The first-order chi connectivity index (χ1) is 58.4. The third kappa shape index (κ3) is 32.6. The summed E-state index contributed by atoms with van der Waals surface area (Å²) in [5.74, 6) is 5.83. The van der Waals surface area contributed by atoms with Gasteiger partial charge in [-0.25, -0.2) is 0 Å². The molecule has 0 saturated heterocycles. The van der Waals surface area contributed by atoms with E-state index in [4.69, 9.17) is 57.6 Å². The van der Waals surface area contributed by atoms with E-state index in [1.807, 2.05) is 133 Å². The number of carbonyl (C=O) groups excluding carboxylic acids is 10. The monoisotopic (exact) mass is 1620 g/mol. The molecule has 0 heterocycles. The van der Waals surface area contributed by atoms with Gasteiger partial charge in [0.05, 0.1) is 56.9 Å². The van der Waals surface area contributed by atoms with E-state index in [9.17, 15) is 47.9 Å². The summed E-state index contributed by atoms with van der Waals surface area (Å²) in [7, 11) is 12.3. The van der Waals surface area contributed by atoms with Crippen LogP contribution in [-0.4, -0.2) is 130 Å². The topological polar surface area (TPSA) is 315 Å². The van der Waals surface area contributed by atoms with Gasteiger partial charge in [-0.15, -0.1) is 0 Å². The number of ether oxygens (including phenoxy) is 10. The molecule has 0 bridgehead atoms. The van der Waals surface area contributed by atoms with Crippen LogP contribution in [0.1, 0.15) is 111 Å². The lowest BCUT2D eigenvalue weighted by molar-refractivity contribution is -0.114. The average Bonchev–Trinajstić information content (AvgIpc) is 0.811. The van der Waals surface area contributed by atoms with Crippen molar-refractivity contribution in [3.8, 4) is 80.1 Å². The zero-order valence-corrected chi connectivity index (χ0v) is 67.4. The van der Waals surface area contributed by atoms with Crippen molar-refractivity contribution in [3.05, 3.63) is 352 Å². The molecule has 0 fully saturated rings. The van der Waals surface area contributed by atoms with E-state index in [0.29, 0.717) is 121 Å². The minimum Gasteiger partial charge on any atom is -0.508 e. The van der Waals surface area contributed by atoms with Gasteiger partial charge in [0.15, 0.2) is 52.3 Å². The van der Waals surface area contributed by atoms with Gasteiger partial charge in [-0.2, -0.15) is 0 Å². The quantitative estimate of drug-likeness (QED) is 0.0448. The van der Waals surface area contributed by atoms with E-state index in [2.05, 4.69) is 17.4 Å². The maximum absolute atomic E-state index is 11.0. The van der Waals surface area contributed by atoms with Crippen LogP contribution >= 0.6 is 0 Å². The highest BCUT2D eigenvalue weighted by molar-refractivity contribution is 6.01. The van der Waals surface area contributed by atoms with Crippen LogP contribution in [0.4, 0.5) is 5.69 Å². The van der Waals surface area contributed by atoms with Crippen molar-refractivity contribution in [2.45, 2.75) is 20.1 Å². The molecular weight excluding hydrogens is 1530 g/mol. The van der Waals surface area contributed by atoms with E-state index in [1.54, 1.807) is 149 Å². The third-order valence-electron chi connectivity index (χ3n) is 16.4. The van der Waals surface area contributed by atoms with E-state index >= 15 is 0 Å². The molecule has 1 amide bonds. The number of methoxy groups -OCH3 is 8. The first-order valence-electron chi connectivity index (χ1n) is 36.3. The normalized spacial score (nSPS) is 9.51. The number of aldehydes is 9. The molecule has 3 N–H and O–H groups in total. The molecule has 0 aliphatic heterocycles. The average molecular weight is 1620 g/mol. The Labute approximate surface area is 695 Å². The molecule has 23 heteroatoms. The second kappa shape index (κ2) is 54.1. The van der Waals surface area contributed by atoms with Crippen LogP contribution in [0.15, 0.2) is 291 Å². The Kier molecular flexibility index (Phi) is 42.7. The Balaban J connectivity index is 0.000000244. The number of hydrogen-bond donors (Lipinski definition) is 3. The summed E-state index contributed by atoms with van der Waals surface area (Å²) in [5.41, 5.74) is 10.5. The summed E-state index contributed by atoms with van der Waals surface area (Å²) < 4.78 is 51.8. The van der Waals surface area contributed by atoms with Gasteiger partial charge >= 0.3 is 0 Å². The molecule has 23 nitrogen and oxygen atoms in total. The van der Waals surface area contributed by atoms with Crippen molar-refractivity contribution in [1.29, 1.82) is 0 Å². The number of rotatable bonds is 25. The second-order valence-electron chi connectivity index (χ2n) is 24.4. The lowest BCUT2D eigenvalue weighted by atomic mass is 10.0. The predicted octanol–water partition coefficient (Wildman–Crippen LogP) is 18.9. The lowest BCUT2D eigenvalue weighted by Crippen LogP contribution is -2.05. The molecular formula is C97H91NO22. The van der Waals surface area contributed by atoms with Crippen LogP contribution in [0.25, 0.3) is 21.9 Å². The van der Waals surface area contributed by atoms with E-state index in [1.165, 1.54) is 66.2 Å². The van der Waals surface area contributed by atoms with Gasteiger partial charge in [-0.05, 0) is 179 Å². The van der Waals surface area contributed by atoms with E-state index in [0.717, 1.165) is 89.3 Å². The molecule has 120 heavy (non-hydrogen) atoms. The summed E-state index contributed by atoms with van der Waals surface area (Å²) in [4.78, 5) is 104. The number of phenols is 2. The van der Waals surface area contributed by atoms with Crippen molar-refractivity contribution >= 4 is 78.9 Å². The Morgan fingerprint density at radius 2 is 0.650 bits per heavy atom. The Morgan fingerprint density at radius 1 is 0.292 bits per heavy atom. The summed E-state index contributed by atoms with van der Waals surface area (Å²) >= 11 is 0. The summed E-state index contributed by atoms with van der Waals surface area (Å²) in [6.07, 6.45) is 6.98. The number of aromatic hydroxyl groups is 2. The standard InChI is InChI=1S/C21H18O3.C13H10O.C12H10O2.C10H12O4.C9H9NO2.C9H10O3.C8H8O3.C8H8O2.C7H6O2/c22-14-19-11-12-20(23-15-17-7-3-1-4-8-17)21(13-19)24-16-18-9-5-2-6-10-18;14-10-11-6-8-13(9-7-11)12-4-2-1-3-5-12;1-14-12-7-6-9(8-13)10-4-2-3-5-11(10)12;1-12-8-4-7(6-11)5-9(13-2)10(8)14-3;1-7(12)10-9-4-2-8(6-11)3-5-9;1-11-8-4-3-7(6-10)5-9(8)12-2;1-11-8-3-2-6(5-9)4-7(8)10;1-10-8-4-2-7(6-9)3-5-8;8-5-6-1-3-7(9)4-2-6/h1-14H,15-16H2;1-10H;2-8H,1H3;4-6H,1-3H3;2-6H,1H3,(H,10,12);3-6H,1-2H3;2-5,10H,1H3;2-6H,1H3;1-5,9H. The highest BCUT2D eigenvalue weighted by Gasteiger charge is 2.14. The predicted molar refractivity (Wildman–Crippen MR) is 461 cm³/mol.